The number of aliphatic imine (C=N–C) groups is 1. The highest BCUT2D eigenvalue weighted by molar-refractivity contribution is 5.94. The topological polar surface area (TPSA) is 68.2 Å². The number of ether oxygens (including phenoxy) is 2. The van der Waals surface area contributed by atoms with Crippen LogP contribution in [0, 0.1) is 0 Å². The summed E-state index contributed by atoms with van der Waals surface area (Å²) in [7, 11) is 2.97. The minimum Gasteiger partial charge on any atom is -0.468 e. The van der Waals surface area contributed by atoms with E-state index in [1.807, 2.05) is 4.90 Å². The monoisotopic (exact) mass is 364 g/mol. The lowest BCUT2D eigenvalue weighted by molar-refractivity contribution is -0.136. The lowest BCUT2D eigenvalue weighted by Gasteiger charge is -2.35. The van der Waals surface area contributed by atoms with Crippen LogP contribution < -0.4 is 0 Å². The normalized spacial score (nSPS) is 22.2. The Hall–Kier alpha value is -1.85. The minimum absolute atomic E-state index is 0.0367. The summed E-state index contributed by atoms with van der Waals surface area (Å²) >= 11 is 0. The Morgan fingerprint density at radius 1 is 1.15 bits per heavy atom. The van der Waals surface area contributed by atoms with Crippen molar-refractivity contribution in [2.24, 2.45) is 4.99 Å². The quantitative estimate of drug-likeness (QED) is 0.462. The lowest BCUT2D eigenvalue weighted by Crippen LogP contribution is -2.47. The van der Waals surface area contributed by atoms with E-state index in [2.05, 4.69) is 11.9 Å². The number of methoxy groups -OCH3 is 2. The summed E-state index contributed by atoms with van der Waals surface area (Å²) in [6.07, 6.45) is 8.51. The number of nitrogens with zero attached hydrogens (tertiary/aromatic N) is 2. The number of hydrogen-bond acceptors (Lipinski definition) is 6. The molecule has 0 radical (unpaired) electrons. The van der Waals surface area contributed by atoms with Crippen molar-refractivity contribution in [3.63, 3.8) is 0 Å². The van der Waals surface area contributed by atoms with E-state index in [9.17, 15) is 9.59 Å². The molecule has 0 aromatic heterocycles. The second kappa shape index (κ2) is 9.74. The zero-order chi connectivity index (χ0) is 19.1. The molecule has 0 unspecified atom stereocenters. The van der Waals surface area contributed by atoms with Crippen LogP contribution in [0.3, 0.4) is 0 Å². The number of carbonyl (C=O) groups is 2. The Balaban J connectivity index is 2.00. The average Bonchev–Trinajstić information content (AvgIpc) is 3.03. The van der Waals surface area contributed by atoms with Gasteiger partial charge in [0.25, 0.3) is 6.02 Å². The number of unbranched alkanes of at least 4 members (excludes halogenated alkanes) is 4. The van der Waals surface area contributed by atoms with Gasteiger partial charge < -0.3 is 14.4 Å². The highest BCUT2D eigenvalue weighted by Gasteiger charge is 2.44. The van der Waals surface area contributed by atoms with Gasteiger partial charge in [-0.3, -0.25) is 4.79 Å². The molecule has 26 heavy (non-hydrogen) atoms. The van der Waals surface area contributed by atoms with Gasteiger partial charge in [-0.15, -0.1) is 0 Å². The molecule has 0 aromatic rings. The van der Waals surface area contributed by atoms with E-state index < -0.39 is 0 Å². The van der Waals surface area contributed by atoms with Gasteiger partial charge in [-0.1, -0.05) is 32.6 Å². The molecule has 0 amide bonds. The summed E-state index contributed by atoms with van der Waals surface area (Å²) in [5, 5.41) is 0. The fourth-order valence-electron chi connectivity index (χ4n) is 3.99. The zero-order valence-electron chi connectivity index (χ0n) is 16.5. The van der Waals surface area contributed by atoms with Crippen molar-refractivity contribution in [1.29, 1.82) is 0 Å². The smallest absolute Gasteiger partial charge is 0.337 e. The maximum absolute atomic E-state index is 12.4. The molecule has 2 rings (SSSR count). The van der Waals surface area contributed by atoms with Gasteiger partial charge in [-0.05, 0) is 26.2 Å². The van der Waals surface area contributed by atoms with Crippen LogP contribution in [0.25, 0.3) is 0 Å². The number of fused-ring (bicyclic) bond motifs is 1. The van der Waals surface area contributed by atoms with Crippen molar-refractivity contribution in [2.75, 3.05) is 14.2 Å². The molecule has 0 saturated carbocycles. The van der Waals surface area contributed by atoms with Crippen LogP contribution in [0.15, 0.2) is 16.3 Å². The molecular weight excluding hydrogens is 332 g/mol. The number of Topliss-reactive ketones (excluding diaryl/α,β-unsaturated/α-hetero) is 1. The van der Waals surface area contributed by atoms with Crippen LogP contribution in [0.1, 0.15) is 71.6 Å². The number of amidine groups is 1. The van der Waals surface area contributed by atoms with Gasteiger partial charge in [0.05, 0.1) is 31.5 Å². The first-order valence-electron chi connectivity index (χ1n) is 9.75. The number of esters is 1. The maximum atomic E-state index is 12.4. The Kier molecular flexibility index (Phi) is 7.66. The Bertz CT molecular complexity index is 582. The van der Waals surface area contributed by atoms with Crippen LogP contribution in [-0.2, 0) is 19.1 Å². The molecular formula is C20H32N2O4. The minimum atomic E-state index is -0.348. The molecule has 0 spiro atoms. The molecule has 0 aromatic carbocycles. The van der Waals surface area contributed by atoms with Gasteiger partial charge in [-0.25, -0.2) is 9.79 Å². The number of ketones is 1. The molecule has 6 nitrogen and oxygen atoms in total. The van der Waals surface area contributed by atoms with Crippen molar-refractivity contribution < 1.29 is 19.1 Å². The van der Waals surface area contributed by atoms with Gasteiger partial charge in [-0.2, -0.15) is 0 Å². The predicted molar refractivity (Wildman–Crippen MR) is 101 cm³/mol. The van der Waals surface area contributed by atoms with Gasteiger partial charge in [0.1, 0.15) is 5.78 Å². The lowest BCUT2D eigenvalue weighted by atomic mass is 10.0. The van der Waals surface area contributed by atoms with E-state index >= 15 is 0 Å². The molecule has 2 heterocycles. The van der Waals surface area contributed by atoms with E-state index in [1.165, 1.54) is 26.4 Å². The first-order valence-corrected chi connectivity index (χ1v) is 9.75. The third-order valence-corrected chi connectivity index (χ3v) is 5.32. The van der Waals surface area contributed by atoms with E-state index in [-0.39, 0.29) is 23.8 Å². The molecule has 2 atom stereocenters. The molecule has 2 aliphatic heterocycles. The van der Waals surface area contributed by atoms with Crippen molar-refractivity contribution in [3.8, 4) is 0 Å². The Labute approximate surface area is 156 Å². The number of hydrogen-bond donors (Lipinski definition) is 0. The summed E-state index contributed by atoms with van der Waals surface area (Å²) < 4.78 is 10.4. The van der Waals surface area contributed by atoms with Crippen molar-refractivity contribution in [2.45, 2.75) is 83.7 Å². The third kappa shape index (κ3) is 4.65. The molecule has 6 heteroatoms. The number of allylic oxidation sites excluding steroid dienone is 1. The van der Waals surface area contributed by atoms with E-state index in [0.717, 1.165) is 25.7 Å². The van der Waals surface area contributed by atoms with Crippen molar-refractivity contribution >= 4 is 17.8 Å². The largest absolute Gasteiger partial charge is 0.468 e. The number of carbonyl (C=O) groups excluding carboxylic acids is 2. The fraction of sp³-hybridized carbons (Fsp3) is 0.750. The standard InChI is InChI=1S/C20H32N2O4/c1-5-6-7-8-9-10-16(23)13-15-11-12-17-18(19(24)25-3)14(2)21-20(26-4)22(15)17/h15,17H,5-13H2,1-4H3/t15-,17+/m1/s1. The van der Waals surface area contributed by atoms with Gasteiger partial charge >= 0.3 is 5.97 Å². The first-order chi connectivity index (χ1) is 12.5. The van der Waals surface area contributed by atoms with E-state index in [4.69, 9.17) is 9.47 Å². The van der Waals surface area contributed by atoms with Crippen LogP contribution in [0.5, 0.6) is 0 Å². The molecule has 0 N–H and O–H groups in total. The maximum Gasteiger partial charge on any atom is 0.337 e. The summed E-state index contributed by atoms with van der Waals surface area (Å²) in [5.74, 6) is -0.0622. The number of rotatable bonds is 9. The molecule has 2 aliphatic rings. The molecule has 0 aliphatic carbocycles. The van der Waals surface area contributed by atoms with Gasteiger partial charge in [0.2, 0.25) is 0 Å². The summed E-state index contributed by atoms with van der Waals surface area (Å²) in [4.78, 5) is 31.1. The Morgan fingerprint density at radius 3 is 2.54 bits per heavy atom. The summed E-state index contributed by atoms with van der Waals surface area (Å²) in [5.41, 5.74) is 1.22. The second-order valence-electron chi connectivity index (χ2n) is 7.15. The Morgan fingerprint density at radius 2 is 1.88 bits per heavy atom. The molecule has 146 valence electrons. The van der Waals surface area contributed by atoms with E-state index in [0.29, 0.717) is 30.1 Å². The first kappa shape index (κ1) is 20.5. The highest BCUT2D eigenvalue weighted by atomic mass is 16.5. The van der Waals surface area contributed by atoms with Crippen LogP contribution in [0.2, 0.25) is 0 Å². The molecule has 0 bridgehead atoms. The zero-order valence-corrected chi connectivity index (χ0v) is 16.5. The van der Waals surface area contributed by atoms with Gasteiger partial charge in [0.15, 0.2) is 0 Å². The fourth-order valence-corrected chi connectivity index (χ4v) is 3.99. The van der Waals surface area contributed by atoms with E-state index in [1.54, 1.807) is 14.0 Å². The SMILES string of the molecule is CCCCCCCC(=O)C[C@H]1CC[C@H]2C(C(=O)OC)=C(C)N=C(OC)N12. The van der Waals surface area contributed by atoms with Crippen LogP contribution in [0.4, 0.5) is 0 Å². The molecule has 1 fully saturated rings. The summed E-state index contributed by atoms with van der Waals surface area (Å²) in [6.45, 7) is 3.99. The van der Waals surface area contributed by atoms with Crippen molar-refractivity contribution in [3.05, 3.63) is 11.3 Å². The predicted octanol–water partition coefficient (Wildman–Crippen LogP) is 3.60. The van der Waals surface area contributed by atoms with Gasteiger partial charge in [0, 0.05) is 18.9 Å². The average molecular weight is 364 g/mol. The third-order valence-electron chi connectivity index (χ3n) is 5.32. The molecule has 1 saturated heterocycles. The van der Waals surface area contributed by atoms with Crippen LogP contribution >= 0.6 is 0 Å². The van der Waals surface area contributed by atoms with Crippen molar-refractivity contribution in [1.82, 2.24) is 4.90 Å². The van der Waals surface area contributed by atoms with Crippen LogP contribution in [-0.4, -0.2) is 49.0 Å². The summed E-state index contributed by atoms with van der Waals surface area (Å²) in [6, 6.07) is 0.422. The highest BCUT2D eigenvalue weighted by Crippen LogP contribution is 2.36. The second-order valence-corrected chi connectivity index (χ2v) is 7.15.